The SMILES string of the molecule is CCn1c2ccc(B3OC(C)(C)C(C)(C)O3)cc2c2c(C)ccc(C)c21. The summed E-state index contributed by atoms with van der Waals surface area (Å²) in [6, 6.07) is 11.1. The van der Waals surface area contributed by atoms with Crippen LogP contribution in [0.15, 0.2) is 30.3 Å². The van der Waals surface area contributed by atoms with Crippen LogP contribution in [-0.2, 0) is 15.9 Å². The summed E-state index contributed by atoms with van der Waals surface area (Å²) in [5, 5.41) is 2.63. The van der Waals surface area contributed by atoms with Crippen molar-refractivity contribution in [3.05, 3.63) is 41.5 Å². The Morgan fingerprint density at radius 1 is 0.923 bits per heavy atom. The number of aromatic nitrogens is 1. The minimum Gasteiger partial charge on any atom is -0.399 e. The monoisotopic (exact) mass is 349 g/mol. The Hall–Kier alpha value is -1.78. The van der Waals surface area contributed by atoms with E-state index in [1.807, 2.05) is 0 Å². The van der Waals surface area contributed by atoms with Gasteiger partial charge < -0.3 is 13.9 Å². The van der Waals surface area contributed by atoms with Gasteiger partial charge in [0, 0.05) is 22.8 Å². The molecule has 4 rings (SSSR count). The highest BCUT2D eigenvalue weighted by atomic mass is 16.7. The number of rotatable bonds is 2. The molecular formula is C22H28BNO2. The van der Waals surface area contributed by atoms with Crippen molar-refractivity contribution in [3.8, 4) is 0 Å². The first-order chi connectivity index (χ1) is 12.2. The van der Waals surface area contributed by atoms with E-state index in [1.54, 1.807) is 0 Å². The summed E-state index contributed by atoms with van der Waals surface area (Å²) >= 11 is 0. The Balaban J connectivity index is 1.94. The van der Waals surface area contributed by atoms with Crippen LogP contribution in [-0.4, -0.2) is 22.9 Å². The predicted octanol–water partition coefficient (Wildman–Crippen LogP) is 4.73. The summed E-state index contributed by atoms with van der Waals surface area (Å²) in [5.74, 6) is 0. The summed E-state index contributed by atoms with van der Waals surface area (Å²) in [5.41, 5.74) is 5.70. The molecule has 3 aromatic rings. The second-order valence-corrected chi connectivity index (χ2v) is 8.53. The van der Waals surface area contributed by atoms with Crippen LogP contribution in [0.4, 0.5) is 0 Å². The van der Waals surface area contributed by atoms with Crippen LogP contribution in [0.25, 0.3) is 21.8 Å². The van der Waals surface area contributed by atoms with Crippen molar-refractivity contribution < 1.29 is 9.31 Å². The molecular weight excluding hydrogens is 321 g/mol. The van der Waals surface area contributed by atoms with Crippen molar-refractivity contribution in [2.24, 2.45) is 0 Å². The van der Waals surface area contributed by atoms with Gasteiger partial charge in [-0.25, -0.2) is 0 Å². The number of fused-ring (bicyclic) bond motifs is 3. The molecule has 0 atom stereocenters. The first-order valence-electron chi connectivity index (χ1n) is 9.54. The molecule has 0 bridgehead atoms. The van der Waals surface area contributed by atoms with Gasteiger partial charge >= 0.3 is 7.12 Å². The molecule has 1 saturated heterocycles. The van der Waals surface area contributed by atoms with E-state index in [2.05, 4.69) is 83.4 Å². The summed E-state index contributed by atoms with van der Waals surface area (Å²) in [4.78, 5) is 0. The van der Waals surface area contributed by atoms with Gasteiger partial charge in [-0.2, -0.15) is 0 Å². The summed E-state index contributed by atoms with van der Waals surface area (Å²) in [6.45, 7) is 16.0. The quantitative estimate of drug-likeness (QED) is 0.625. The maximum absolute atomic E-state index is 6.27. The van der Waals surface area contributed by atoms with Gasteiger partial charge in [-0.05, 0) is 71.1 Å². The molecule has 2 heterocycles. The molecule has 1 fully saturated rings. The van der Waals surface area contributed by atoms with Gasteiger partial charge in [0.05, 0.1) is 16.7 Å². The van der Waals surface area contributed by atoms with E-state index < -0.39 is 0 Å². The zero-order valence-electron chi connectivity index (χ0n) is 16.9. The Bertz CT molecular complexity index is 1000. The topological polar surface area (TPSA) is 23.4 Å². The number of nitrogens with zero attached hydrogens (tertiary/aromatic N) is 1. The highest BCUT2D eigenvalue weighted by Crippen LogP contribution is 2.37. The molecule has 2 aromatic carbocycles. The molecule has 0 radical (unpaired) electrons. The molecule has 3 nitrogen and oxygen atoms in total. The van der Waals surface area contributed by atoms with Crippen LogP contribution in [0.3, 0.4) is 0 Å². The van der Waals surface area contributed by atoms with Crippen LogP contribution in [0.2, 0.25) is 0 Å². The molecule has 1 aliphatic heterocycles. The van der Waals surface area contributed by atoms with Crippen molar-refractivity contribution in [3.63, 3.8) is 0 Å². The molecule has 1 aliphatic rings. The molecule has 4 heteroatoms. The van der Waals surface area contributed by atoms with Crippen LogP contribution >= 0.6 is 0 Å². The molecule has 0 amide bonds. The Labute approximate surface area is 156 Å². The lowest BCUT2D eigenvalue weighted by atomic mass is 9.78. The second-order valence-electron chi connectivity index (χ2n) is 8.53. The van der Waals surface area contributed by atoms with E-state index in [1.165, 1.54) is 32.9 Å². The van der Waals surface area contributed by atoms with E-state index in [0.717, 1.165) is 12.0 Å². The number of aryl methyl sites for hydroxylation is 3. The lowest BCUT2D eigenvalue weighted by molar-refractivity contribution is 0.00578. The Kier molecular flexibility index (Phi) is 3.80. The minimum absolute atomic E-state index is 0.323. The summed E-state index contributed by atoms with van der Waals surface area (Å²) in [6.07, 6.45) is 0. The number of hydrogen-bond acceptors (Lipinski definition) is 2. The first kappa shape index (κ1) is 17.6. The Morgan fingerprint density at radius 2 is 1.54 bits per heavy atom. The molecule has 26 heavy (non-hydrogen) atoms. The fourth-order valence-corrected chi connectivity index (χ4v) is 4.05. The van der Waals surface area contributed by atoms with Gasteiger partial charge in [-0.1, -0.05) is 24.3 Å². The Morgan fingerprint density at radius 3 is 2.15 bits per heavy atom. The fraction of sp³-hybridized carbons (Fsp3) is 0.455. The van der Waals surface area contributed by atoms with Gasteiger partial charge in [0.15, 0.2) is 0 Å². The predicted molar refractivity (Wildman–Crippen MR) is 110 cm³/mol. The van der Waals surface area contributed by atoms with Gasteiger partial charge in [-0.15, -0.1) is 0 Å². The van der Waals surface area contributed by atoms with Crippen LogP contribution in [0.5, 0.6) is 0 Å². The van der Waals surface area contributed by atoms with E-state index >= 15 is 0 Å². The molecule has 0 saturated carbocycles. The van der Waals surface area contributed by atoms with Crippen molar-refractivity contribution in [2.45, 2.75) is 66.2 Å². The molecule has 0 aliphatic carbocycles. The van der Waals surface area contributed by atoms with Crippen molar-refractivity contribution >= 4 is 34.4 Å². The third kappa shape index (κ3) is 2.35. The first-order valence-corrected chi connectivity index (χ1v) is 9.54. The van der Waals surface area contributed by atoms with Crippen molar-refractivity contribution in [1.82, 2.24) is 4.57 Å². The molecule has 0 N–H and O–H groups in total. The summed E-state index contributed by atoms with van der Waals surface area (Å²) in [7, 11) is -0.324. The highest BCUT2D eigenvalue weighted by Gasteiger charge is 2.51. The smallest absolute Gasteiger partial charge is 0.399 e. The van der Waals surface area contributed by atoms with E-state index in [4.69, 9.17) is 9.31 Å². The van der Waals surface area contributed by atoms with E-state index in [0.29, 0.717) is 0 Å². The van der Waals surface area contributed by atoms with E-state index in [9.17, 15) is 0 Å². The van der Waals surface area contributed by atoms with Crippen LogP contribution < -0.4 is 5.46 Å². The molecule has 136 valence electrons. The van der Waals surface area contributed by atoms with Crippen LogP contribution in [0, 0.1) is 13.8 Å². The normalized spacial score (nSPS) is 19.0. The molecule has 1 aromatic heterocycles. The zero-order chi connectivity index (χ0) is 18.9. The minimum atomic E-state index is -0.324. The lowest BCUT2D eigenvalue weighted by Crippen LogP contribution is -2.41. The average molecular weight is 349 g/mol. The van der Waals surface area contributed by atoms with Crippen molar-refractivity contribution in [1.29, 1.82) is 0 Å². The average Bonchev–Trinajstić information content (AvgIpc) is 3.02. The zero-order valence-corrected chi connectivity index (χ0v) is 16.9. The van der Waals surface area contributed by atoms with Gasteiger partial charge in [0.2, 0.25) is 0 Å². The second kappa shape index (κ2) is 5.61. The largest absolute Gasteiger partial charge is 0.494 e. The molecule has 0 unspecified atom stereocenters. The third-order valence-electron chi connectivity index (χ3n) is 6.28. The van der Waals surface area contributed by atoms with Gasteiger partial charge in [0.1, 0.15) is 0 Å². The van der Waals surface area contributed by atoms with Gasteiger partial charge in [0.25, 0.3) is 0 Å². The third-order valence-corrected chi connectivity index (χ3v) is 6.28. The highest BCUT2D eigenvalue weighted by molar-refractivity contribution is 6.62. The molecule has 0 spiro atoms. The number of hydrogen-bond donors (Lipinski definition) is 0. The summed E-state index contributed by atoms with van der Waals surface area (Å²) < 4.78 is 15.0. The van der Waals surface area contributed by atoms with Crippen LogP contribution in [0.1, 0.15) is 45.7 Å². The van der Waals surface area contributed by atoms with Gasteiger partial charge in [-0.3, -0.25) is 0 Å². The maximum atomic E-state index is 6.27. The lowest BCUT2D eigenvalue weighted by Gasteiger charge is -2.32. The fourth-order valence-electron chi connectivity index (χ4n) is 4.05. The maximum Gasteiger partial charge on any atom is 0.494 e. The van der Waals surface area contributed by atoms with E-state index in [-0.39, 0.29) is 18.3 Å². The standard InChI is InChI=1S/C22H28BNO2/c1-8-24-18-12-11-16(23-25-21(4,5)22(6,7)26-23)13-17(18)19-14(2)9-10-15(3)20(19)24/h9-13H,8H2,1-7H3. The number of benzene rings is 2. The van der Waals surface area contributed by atoms with Crippen molar-refractivity contribution in [2.75, 3.05) is 0 Å².